The first-order chi connectivity index (χ1) is 4.81. The molecule has 0 saturated heterocycles. The smallest absolute Gasteiger partial charge is 0.0595 e. The summed E-state index contributed by atoms with van der Waals surface area (Å²) in [7, 11) is 1.64. The Balaban J connectivity index is 0. The van der Waals surface area contributed by atoms with Crippen molar-refractivity contribution in [2.45, 2.75) is 20.8 Å². The Morgan fingerprint density at radius 1 is 1.40 bits per heavy atom. The molecule has 0 aromatic heterocycles. The highest BCUT2D eigenvalue weighted by Crippen LogP contribution is 1.92. The molecule has 0 amide bonds. The molecule has 0 saturated carbocycles. The van der Waals surface area contributed by atoms with Crippen LogP contribution in [0, 0.1) is 0 Å². The van der Waals surface area contributed by atoms with Crippen LogP contribution in [0.3, 0.4) is 0 Å². The van der Waals surface area contributed by atoms with E-state index in [0.717, 1.165) is 5.70 Å². The number of allylic oxidation sites excluding steroid dienone is 3. The van der Waals surface area contributed by atoms with Crippen LogP contribution in [-0.4, -0.2) is 7.05 Å². The molecule has 0 aliphatic rings. The Kier molecular flexibility index (Phi) is 13.0. The maximum Gasteiger partial charge on any atom is 0.0595 e. The van der Waals surface area contributed by atoms with Crippen molar-refractivity contribution in [2.24, 2.45) is 10.2 Å². The van der Waals surface area contributed by atoms with E-state index in [9.17, 15) is 0 Å². The van der Waals surface area contributed by atoms with Gasteiger partial charge in [-0.3, -0.25) is 0 Å². The molecule has 2 nitrogen and oxygen atoms in total. The van der Waals surface area contributed by atoms with Crippen molar-refractivity contribution < 1.29 is 0 Å². The van der Waals surface area contributed by atoms with E-state index in [1.165, 1.54) is 0 Å². The molecule has 0 spiro atoms. The average Bonchev–Trinajstić information content (AvgIpc) is 1.93. The molecule has 0 unspecified atom stereocenters. The van der Waals surface area contributed by atoms with Gasteiger partial charge >= 0.3 is 0 Å². The quantitative estimate of drug-likeness (QED) is 0.415. The zero-order chi connectivity index (χ0) is 8.41. The first kappa shape index (κ1) is 11.8. The van der Waals surface area contributed by atoms with Gasteiger partial charge in [0.2, 0.25) is 0 Å². The van der Waals surface area contributed by atoms with Crippen LogP contribution in [0.15, 0.2) is 34.7 Å². The molecule has 0 aliphatic heterocycles. The molecule has 0 fully saturated rings. The number of azo groups is 1. The largest absolute Gasteiger partial charge is 0.192 e. The third kappa shape index (κ3) is 10.1. The predicted molar refractivity (Wildman–Crippen MR) is 46.1 cm³/mol. The first-order valence-corrected chi connectivity index (χ1v) is 3.40. The van der Waals surface area contributed by atoms with Crippen molar-refractivity contribution in [1.29, 1.82) is 0 Å². The van der Waals surface area contributed by atoms with Gasteiger partial charge in [0.15, 0.2) is 0 Å². The average molecular weight is 140 g/mol. The van der Waals surface area contributed by atoms with Crippen LogP contribution in [0.1, 0.15) is 20.8 Å². The van der Waals surface area contributed by atoms with E-state index in [1.807, 2.05) is 20.8 Å². The Labute approximate surface area is 63.4 Å². The molecule has 0 N–H and O–H groups in total. The summed E-state index contributed by atoms with van der Waals surface area (Å²) in [6.07, 6.45) is 3.48. The molecule has 0 atom stereocenters. The van der Waals surface area contributed by atoms with Gasteiger partial charge in [-0.05, 0) is 13.0 Å². The maximum atomic E-state index is 3.73. The molecule has 0 bridgehead atoms. The summed E-state index contributed by atoms with van der Waals surface area (Å²) in [5.41, 5.74) is 0.877. The van der Waals surface area contributed by atoms with Gasteiger partial charge in [0.25, 0.3) is 0 Å². The lowest BCUT2D eigenvalue weighted by molar-refractivity contribution is 1.08. The van der Waals surface area contributed by atoms with E-state index in [2.05, 4.69) is 16.8 Å². The minimum absolute atomic E-state index is 0.877. The highest BCUT2D eigenvalue weighted by molar-refractivity contribution is 5.05. The SMILES string of the molecule is C=C/C=C(/C)N=NC.CC. The van der Waals surface area contributed by atoms with E-state index >= 15 is 0 Å². The van der Waals surface area contributed by atoms with Crippen molar-refractivity contribution in [1.82, 2.24) is 0 Å². The summed E-state index contributed by atoms with van der Waals surface area (Å²) >= 11 is 0. The molecular formula is C8H16N2. The lowest BCUT2D eigenvalue weighted by Gasteiger charge is -1.81. The zero-order valence-electron chi connectivity index (χ0n) is 7.26. The van der Waals surface area contributed by atoms with E-state index in [4.69, 9.17) is 0 Å². The summed E-state index contributed by atoms with van der Waals surface area (Å²) in [6, 6.07) is 0. The minimum atomic E-state index is 0.877. The van der Waals surface area contributed by atoms with Crippen molar-refractivity contribution >= 4 is 0 Å². The Bertz CT molecular complexity index is 123. The molecule has 0 aliphatic carbocycles. The summed E-state index contributed by atoms with van der Waals surface area (Å²) in [5.74, 6) is 0. The number of hydrogen-bond acceptors (Lipinski definition) is 2. The molecule has 0 heterocycles. The lowest BCUT2D eigenvalue weighted by Crippen LogP contribution is -1.61. The van der Waals surface area contributed by atoms with Crippen LogP contribution in [0.25, 0.3) is 0 Å². The number of hydrogen-bond donors (Lipinski definition) is 0. The van der Waals surface area contributed by atoms with Gasteiger partial charge in [-0.1, -0.05) is 26.5 Å². The highest BCUT2D eigenvalue weighted by atomic mass is 15.1. The summed E-state index contributed by atoms with van der Waals surface area (Å²) in [6.45, 7) is 9.37. The Hall–Kier alpha value is -0.920. The molecule has 10 heavy (non-hydrogen) atoms. The van der Waals surface area contributed by atoms with Gasteiger partial charge in [-0.25, -0.2) is 0 Å². The second-order valence-electron chi connectivity index (χ2n) is 1.34. The molecule has 0 aromatic carbocycles. The molecule has 2 heteroatoms. The van der Waals surface area contributed by atoms with Crippen LogP contribution >= 0.6 is 0 Å². The lowest BCUT2D eigenvalue weighted by atomic mass is 10.4. The van der Waals surface area contributed by atoms with Gasteiger partial charge in [-0.15, -0.1) is 0 Å². The minimum Gasteiger partial charge on any atom is -0.192 e. The predicted octanol–water partition coefficient (Wildman–Crippen LogP) is 3.18. The van der Waals surface area contributed by atoms with Crippen LogP contribution in [-0.2, 0) is 0 Å². The second kappa shape index (κ2) is 11.0. The monoisotopic (exact) mass is 140 g/mol. The maximum absolute atomic E-state index is 3.73. The molecule has 0 radical (unpaired) electrons. The van der Waals surface area contributed by atoms with Crippen LogP contribution in [0.2, 0.25) is 0 Å². The standard InChI is InChI=1S/C6H10N2.C2H6/c1-4-5-6(2)8-7-3;1-2/h4-5H,1H2,2-3H3;1-2H3/b6-5-,8-7?;. The molecule has 0 rings (SSSR count). The fourth-order valence-electron chi connectivity index (χ4n) is 0.362. The molecular weight excluding hydrogens is 124 g/mol. The zero-order valence-corrected chi connectivity index (χ0v) is 7.26. The number of nitrogens with zero attached hydrogens (tertiary/aromatic N) is 2. The van der Waals surface area contributed by atoms with Crippen molar-refractivity contribution in [3.8, 4) is 0 Å². The summed E-state index contributed by atoms with van der Waals surface area (Å²) in [4.78, 5) is 0. The topological polar surface area (TPSA) is 24.7 Å². The fraction of sp³-hybridized carbons (Fsp3) is 0.500. The summed E-state index contributed by atoms with van der Waals surface area (Å²) in [5, 5.41) is 7.29. The van der Waals surface area contributed by atoms with Gasteiger partial charge in [-0.2, -0.15) is 10.2 Å². The Morgan fingerprint density at radius 3 is 2.20 bits per heavy atom. The van der Waals surface area contributed by atoms with E-state index in [0.29, 0.717) is 0 Å². The normalized spacial score (nSPS) is 10.6. The van der Waals surface area contributed by atoms with Gasteiger partial charge < -0.3 is 0 Å². The summed E-state index contributed by atoms with van der Waals surface area (Å²) < 4.78 is 0. The van der Waals surface area contributed by atoms with Gasteiger partial charge in [0.05, 0.1) is 5.70 Å². The van der Waals surface area contributed by atoms with Crippen LogP contribution < -0.4 is 0 Å². The van der Waals surface area contributed by atoms with Gasteiger partial charge in [0, 0.05) is 7.05 Å². The third-order valence-corrected chi connectivity index (χ3v) is 0.617. The van der Waals surface area contributed by atoms with E-state index in [1.54, 1.807) is 19.2 Å². The molecule has 58 valence electrons. The second-order valence-corrected chi connectivity index (χ2v) is 1.34. The number of rotatable bonds is 2. The van der Waals surface area contributed by atoms with Gasteiger partial charge in [0.1, 0.15) is 0 Å². The van der Waals surface area contributed by atoms with E-state index in [-0.39, 0.29) is 0 Å². The Morgan fingerprint density at radius 2 is 1.90 bits per heavy atom. The van der Waals surface area contributed by atoms with E-state index < -0.39 is 0 Å². The van der Waals surface area contributed by atoms with Crippen LogP contribution in [0.4, 0.5) is 0 Å². The van der Waals surface area contributed by atoms with Crippen molar-refractivity contribution in [2.75, 3.05) is 7.05 Å². The molecule has 0 aromatic rings. The van der Waals surface area contributed by atoms with Crippen molar-refractivity contribution in [3.05, 3.63) is 24.4 Å². The van der Waals surface area contributed by atoms with Crippen LogP contribution in [0.5, 0.6) is 0 Å². The highest BCUT2D eigenvalue weighted by Gasteiger charge is 1.74. The van der Waals surface area contributed by atoms with Crippen molar-refractivity contribution in [3.63, 3.8) is 0 Å². The fourth-order valence-corrected chi connectivity index (χ4v) is 0.362. The third-order valence-electron chi connectivity index (χ3n) is 0.617. The first-order valence-electron chi connectivity index (χ1n) is 3.40.